The number of non-ortho nitro benzene ring substituents is 1. The van der Waals surface area contributed by atoms with E-state index >= 15 is 0 Å². The number of benzene rings is 2. The molecule has 2 aromatic rings. The lowest BCUT2D eigenvalue weighted by Crippen LogP contribution is -2.30. The lowest BCUT2D eigenvalue weighted by Gasteiger charge is -2.13. The predicted octanol–water partition coefficient (Wildman–Crippen LogP) is 3.45. The quantitative estimate of drug-likeness (QED) is 0.435. The predicted molar refractivity (Wildman–Crippen MR) is 105 cm³/mol. The number of nitrogens with one attached hydrogen (secondary N) is 2. The highest BCUT2D eigenvalue weighted by molar-refractivity contribution is 7.80. The van der Waals surface area contributed by atoms with E-state index in [0.29, 0.717) is 23.2 Å². The SMILES string of the molecule is COc1ccc(CCNC(=S)Nc2ccc([N+](=O)[O-])cc2C)cc1OC. The first kappa shape index (κ1) is 19.5. The summed E-state index contributed by atoms with van der Waals surface area (Å²) in [5.74, 6) is 1.38. The molecule has 2 rings (SSSR count). The number of nitrogens with zero attached hydrogens (tertiary/aromatic N) is 1. The van der Waals surface area contributed by atoms with Crippen LogP contribution in [-0.2, 0) is 6.42 Å². The van der Waals surface area contributed by atoms with Crippen LogP contribution in [0.1, 0.15) is 11.1 Å². The van der Waals surface area contributed by atoms with Crippen LogP contribution in [-0.4, -0.2) is 30.8 Å². The average molecular weight is 375 g/mol. The molecule has 0 radical (unpaired) electrons. The van der Waals surface area contributed by atoms with E-state index in [1.165, 1.54) is 12.1 Å². The van der Waals surface area contributed by atoms with Gasteiger partial charge in [0, 0.05) is 24.4 Å². The van der Waals surface area contributed by atoms with E-state index in [0.717, 1.165) is 23.2 Å². The van der Waals surface area contributed by atoms with E-state index in [9.17, 15) is 10.1 Å². The highest BCUT2D eigenvalue weighted by Gasteiger charge is 2.09. The lowest BCUT2D eigenvalue weighted by atomic mass is 10.1. The Labute approximate surface area is 157 Å². The fourth-order valence-corrected chi connectivity index (χ4v) is 2.64. The molecule has 0 amide bonds. The maximum absolute atomic E-state index is 10.8. The van der Waals surface area contributed by atoms with Crippen molar-refractivity contribution in [1.82, 2.24) is 5.32 Å². The molecule has 0 aromatic heterocycles. The van der Waals surface area contributed by atoms with Gasteiger partial charge in [0.25, 0.3) is 5.69 Å². The number of anilines is 1. The number of nitro benzene ring substituents is 1. The number of thiocarbonyl (C=S) groups is 1. The monoisotopic (exact) mass is 375 g/mol. The van der Waals surface area contributed by atoms with Crippen LogP contribution < -0.4 is 20.1 Å². The number of aryl methyl sites for hydroxylation is 1. The summed E-state index contributed by atoms with van der Waals surface area (Å²) in [4.78, 5) is 10.4. The first-order valence-electron chi connectivity index (χ1n) is 7.95. The molecule has 26 heavy (non-hydrogen) atoms. The highest BCUT2D eigenvalue weighted by atomic mass is 32.1. The Morgan fingerprint density at radius 3 is 2.50 bits per heavy atom. The van der Waals surface area contributed by atoms with E-state index in [4.69, 9.17) is 21.7 Å². The van der Waals surface area contributed by atoms with Crippen LogP contribution in [0.25, 0.3) is 0 Å². The number of rotatable bonds is 7. The molecule has 0 aliphatic rings. The minimum atomic E-state index is -0.420. The third-order valence-electron chi connectivity index (χ3n) is 3.82. The molecule has 0 aliphatic carbocycles. The van der Waals surface area contributed by atoms with Gasteiger partial charge < -0.3 is 20.1 Å². The summed E-state index contributed by atoms with van der Waals surface area (Å²) in [5, 5.41) is 17.4. The third-order valence-corrected chi connectivity index (χ3v) is 4.06. The summed E-state index contributed by atoms with van der Waals surface area (Å²) >= 11 is 5.28. The number of hydrogen-bond acceptors (Lipinski definition) is 5. The normalized spacial score (nSPS) is 10.1. The largest absolute Gasteiger partial charge is 0.493 e. The molecule has 2 aromatic carbocycles. The van der Waals surface area contributed by atoms with E-state index in [1.807, 2.05) is 18.2 Å². The smallest absolute Gasteiger partial charge is 0.269 e. The maximum Gasteiger partial charge on any atom is 0.269 e. The summed E-state index contributed by atoms with van der Waals surface area (Å²) in [6.45, 7) is 2.43. The standard InChI is InChI=1S/C18H21N3O4S/c1-12-10-14(21(22)23)5-6-15(12)20-18(26)19-9-8-13-4-7-16(24-2)17(11-13)25-3/h4-7,10-11H,8-9H2,1-3H3,(H2,19,20,26). The van der Waals surface area contributed by atoms with Crippen LogP contribution in [0.3, 0.4) is 0 Å². The van der Waals surface area contributed by atoms with Crippen LogP contribution in [0.4, 0.5) is 11.4 Å². The van der Waals surface area contributed by atoms with Gasteiger partial charge in [-0.15, -0.1) is 0 Å². The van der Waals surface area contributed by atoms with E-state index < -0.39 is 4.92 Å². The van der Waals surface area contributed by atoms with Crippen molar-refractivity contribution in [3.63, 3.8) is 0 Å². The summed E-state index contributed by atoms with van der Waals surface area (Å²) < 4.78 is 10.5. The Bertz CT molecular complexity index is 811. The lowest BCUT2D eigenvalue weighted by molar-refractivity contribution is -0.384. The van der Waals surface area contributed by atoms with Crippen LogP contribution in [0.15, 0.2) is 36.4 Å². The Morgan fingerprint density at radius 1 is 1.15 bits per heavy atom. The first-order valence-corrected chi connectivity index (χ1v) is 8.36. The van der Waals surface area contributed by atoms with Crippen molar-refractivity contribution in [1.29, 1.82) is 0 Å². The number of hydrogen-bond donors (Lipinski definition) is 2. The van der Waals surface area contributed by atoms with Gasteiger partial charge in [-0.05, 0) is 54.9 Å². The molecular formula is C18H21N3O4S. The Hall–Kier alpha value is -2.87. The number of nitro groups is 1. The molecule has 0 fully saturated rings. The van der Waals surface area contributed by atoms with Crippen molar-refractivity contribution in [3.8, 4) is 11.5 Å². The van der Waals surface area contributed by atoms with Gasteiger partial charge in [-0.3, -0.25) is 10.1 Å². The highest BCUT2D eigenvalue weighted by Crippen LogP contribution is 2.27. The van der Waals surface area contributed by atoms with Crippen LogP contribution in [0.2, 0.25) is 0 Å². The molecular weight excluding hydrogens is 354 g/mol. The summed E-state index contributed by atoms with van der Waals surface area (Å²) in [6.07, 6.45) is 0.751. The maximum atomic E-state index is 10.8. The molecule has 0 unspecified atom stereocenters. The van der Waals surface area contributed by atoms with Gasteiger partial charge in [0.15, 0.2) is 16.6 Å². The second kappa shape index (κ2) is 9.00. The Balaban J connectivity index is 1.88. The van der Waals surface area contributed by atoms with Gasteiger partial charge in [0.1, 0.15) is 0 Å². The number of methoxy groups -OCH3 is 2. The van der Waals surface area contributed by atoms with Gasteiger partial charge in [0.2, 0.25) is 0 Å². The number of ether oxygens (including phenoxy) is 2. The molecule has 2 N–H and O–H groups in total. The molecule has 7 nitrogen and oxygen atoms in total. The zero-order valence-electron chi connectivity index (χ0n) is 14.9. The molecule has 0 saturated heterocycles. The average Bonchev–Trinajstić information content (AvgIpc) is 2.63. The Kier molecular flexibility index (Phi) is 6.74. The third kappa shape index (κ3) is 5.06. The fraction of sp³-hybridized carbons (Fsp3) is 0.278. The van der Waals surface area contributed by atoms with Gasteiger partial charge in [-0.1, -0.05) is 6.07 Å². The minimum absolute atomic E-state index is 0.0559. The molecule has 0 heterocycles. The van der Waals surface area contributed by atoms with Crippen LogP contribution in [0, 0.1) is 17.0 Å². The van der Waals surface area contributed by atoms with Gasteiger partial charge in [-0.2, -0.15) is 0 Å². The molecule has 0 aliphatic heterocycles. The molecule has 0 atom stereocenters. The topological polar surface area (TPSA) is 85.7 Å². The second-order valence-corrected chi connectivity index (χ2v) is 5.98. The van der Waals surface area contributed by atoms with Crippen molar-refractivity contribution in [2.24, 2.45) is 0 Å². The van der Waals surface area contributed by atoms with Gasteiger partial charge in [0.05, 0.1) is 19.1 Å². The second-order valence-electron chi connectivity index (χ2n) is 5.58. The van der Waals surface area contributed by atoms with Gasteiger partial charge >= 0.3 is 0 Å². The molecule has 138 valence electrons. The van der Waals surface area contributed by atoms with E-state index in [1.54, 1.807) is 27.2 Å². The minimum Gasteiger partial charge on any atom is -0.493 e. The van der Waals surface area contributed by atoms with Crippen molar-refractivity contribution in [3.05, 3.63) is 57.6 Å². The summed E-state index contributed by atoms with van der Waals surface area (Å²) in [6, 6.07) is 10.4. The van der Waals surface area contributed by atoms with E-state index in [-0.39, 0.29) is 5.69 Å². The molecule has 0 saturated carbocycles. The zero-order chi connectivity index (χ0) is 19.1. The van der Waals surface area contributed by atoms with E-state index in [2.05, 4.69) is 10.6 Å². The van der Waals surface area contributed by atoms with Crippen molar-refractivity contribution in [2.75, 3.05) is 26.1 Å². The first-order chi connectivity index (χ1) is 12.4. The summed E-state index contributed by atoms with van der Waals surface area (Å²) in [5.41, 5.74) is 2.63. The van der Waals surface area contributed by atoms with Gasteiger partial charge in [-0.25, -0.2) is 0 Å². The van der Waals surface area contributed by atoms with Crippen LogP contribution >= 0.6 is 12.2 Å². The summed E-state index contributed by atoms with van der Waals surface area (Å²) in [7, 11) is 3.20. The fourth-order valence-electron chi connectivity index (χ4n) is 2.42. The Morgan fingerprint density at radius 2 is 1.88 bits per heavy atom. The van der Waals surface area contributed by atoms with Crippen LogP contribution in [0.5, 0.6) is 11.5 Å². The molecule has 8 heteroatoms. The van der Waals surface area contributed by atoms with Crippen molar-refractivity contribution >= 4 is 28.7 Å². The molecule has 0 bridgehead atoms. The van der Waals surface area contributed by atoms with Crippen molar-refractivity contribution in [2.45, 2.75) is 13.3 Å². The zero-order valence-corrected chi connectivity index (χ0v) is 15.7. The molecule has 0 spiro atoms. The van der Waals surface area contributed by atoms with Crippen molar-refractivity contribution < 1.29 is 14.4 Å².